The van der Waals surface area contributed by atoms with Crippen LogP contribution in [0.1, 0.15) is 6.42 Å². The van der Waals surface area contributed by atoms with Gasteiger partial charge in [0.2, 0.25) is 6.43 Å². The zero-order valence-electron chi connectivity index (χ0n) is 5.54. The van der Waals surface area contributed by atoms with Crippen LogP contribution in [-0.2, 0) is 0 Å². The van der Waals surface area contributed by atoms with Gasteiger partial charge in [-0.3, -0.25) is 0 Å². The lowest BCUT2D eigenvalue weighted by Crippen LogP contribution is -2.27. The molecule has 0 amide bonds. The molecule has 1 atom stereocenters. The van der Waals surface area contributed by atoms with Crippen molar-refractivity contribution in [2.75, 3.05) is 6.54 Å². The van der Waals surface area contributed by atoms with Gasteiger partial charge in [-0.25, -0.2) is 8.78 Å². The number of nitrogens with two attached hydrogens (primary N) is 1. The van der Waals surface area contributed by atoms with Gasteiger partial charge in [0.1, 0.15) is 0 Å². The van der Waals surface area contributed by atoms with Gasteiger partial charge in [-0.05, 0) is 0 Å². The van der Waals surface area contributed by atoms with Crippen molar-refractivity contribution in [2.45, 2.75) is 19.0 Å². The molecule has 1 unspecified atom stereocenters. The van der Waals surface area contributed by atoms with Gasteiger partial charge in [0.05, 0.1) is 6.42 Å². The molecule has 0 aliphatic heterocycles. The van der Waals surface area contributed by atoms with Crippen molar-refractivity contribution in [3.63, 3.8) is 0 Å². The van der Waals surface area contributed by atoms with Gasteiger partial charge in [0, 0.05) is 12.5 Å². The number of hydrogen-bond acceptors (Lipinski definition) is 1. The van der Waals surface area contributed by atoms with Gasteiger partial charge in [0.15, 0.2) is 0 Å². The Hall–Kier alpha value is -0.390. The van der Waals surface area contributed by atoms with E-state index in [-0.39, 0.29) is 0 Å². The summed E-state index contributed by atoms with van der Waals surface area (Å²) in [4.78, 5) is 0. The number of hydrogen-bond donors (Lipinski definition) is 1. The van der Waals surface area contributed by atoms with Crippen molar-refractivity contribution in [3.8, 4) is 0 Å². The Morgan fingerprint density at radius 2 is 1.64 bits per heavy atom. The van der Waals surface area contributed by atoms with Crippen LogP contribution in [0.4, 0.5) is 22.0 Å². The molecule has 0 saturated heterocycles. The van der Waals surface area contributed by atoms with Crippen molar-refractivity contribution < 1.29 is 22.0 Å². The highest BCUT2D eigenvalue weighted by atomic mass is 19.4. The van der Waals surface area contributed by atoms with Crippen LogP contribution in [0.3, 0.4) is 0 Å². The fraction of sp³-hybridized carbons (Fsp3) is 1.00. The molecule has 0 fully saturated rings. The summed E-state index contributed by atoms with van der Waals surface area (Å²) in [6.45, 7) is -0.642. The molecule has 0 rings (SSSR count). The summed E-state index contributed by atoms with van der Waals surface area (Å²) in [5.41, 5.74) is 4.70. The first kappa shape index (κ1) is 10.6. The van der Waals surface area contributed by atoms with E-state index < -0.39 is 31.5 Å². The minimum atomic E-state index is -4.56. The van der Waals surface area contributed by atoms with Crippen LogP contribution >= 0.6 is 0 Å². The highest BCUT2D eigenvalue weighted by Gasteiger charge is 2.35. The quantitative estimate of drug-likeness (QED) is 0.653. The van der Waals surface area contributed by atoms with Crippen molar-refractivity contribution >= 4 is 0 Å². The van der Waals surface area contributed by atoms with Gasteiger partial charge in [-0.1, -0.05) is 0 Å². The van der Waals surface area contributed by atoms with E-state index in [0.717, 1.165) is 0 Å². The van der Waals surface area contributed by atoms with E-state index in [1.807, 2.05) is 0 Å². The molecule has 0 aliphatic carbocycles. The molecule has 0 aromatic rings. The molecule has 0 spiro atoms. The van der Waals surface area contributed by atoms with Gasteiger partial charge < -0.3 is 5.73 Å². The maximum atomic E-state index is 11.6. The van der Waals surface area contributed by atoms with Crippen LogP contribution in [0.25, 0.3) is 0 Å². The number of halogens is 5. The second kappa shape index (κ2) is 3.85. The standard InChI is InChI=1S/C5H8F5N/c6-4(7)3(2-11)1-5(8,9)10/h3-4H,1-2,11H2. The highest BCUT2D eigenvalue weighted by Crippen LogP contribution is 2.27. The Kier molecular flexibility index (Phi) is 3.71. The van der Waals surface area contributed by atoms with Crippen LogP contribution in [0, 0.1) is 5.92 Å². The third-order valence-corrected chi connectivity index (χ3v) is 1.15. The van der Waals surface area contributed by atoms with Crippen molar-refractivity contribution in [2.24, 2.45) is 11.7 Å². The van der Waals surface area contributed by atoms with E-state index in [1.54, 1.807) is 0 Å². The van der Waals surface area contributed by atoms with Crippen LogP contribution in [0.5, 0.6) is 0 Å². The first-order valence-corrected chi connectivity index (χ1v) is 2.92. The van der Waals surface area contributed by atoms with Crippen molar-refractivity contribution in [1.82, 2.24) is 0 Å². The Morgan fingerprint density at radius 3 is 1.73 bits per heavy atom. The van der Waals surface area contributed by atoms with Crippen LogP contribution in [0.15, 0.2) is 0 Å². The summed E-state index contributed by atoms with van der Waals surface area (Å²) < 4.78 is 57.7. The van der Waals surface area contributed by atoms with E-state index in [0.29, 0.717) is 0 Å². The molecule has 68 valence electrons. The van der Waals surface area contributed by atoms with Crippen molar-refractivity contribution in [1.29, 1.82) is 0 Å². The molecule has 0 aromatic heterocycles. The molecule has 0 radical (unpaired) electrons. The zero-order chi connectivity index (χ0) is 9.07. The third-order valence-electron chi connectivity index (χ3n) is 1.15. The lowest BCUT2D eigenvalue weighted by molar-refractivity contribution is -0.154. The molecule has 2 N–H and O–H groups in total. The lowest BCUT2D eigenvalue weighted by atomic mass is 10.1. The Balaban J connectivity index is 3.88. The van der Waals surface area contributed by atoms with E-state index >= 15 is 0 Å². The van der Waals surface area contributed by atoms with Gasteiger partial charge in [0.25, 0.3) is 0 Å². The fourth-order valence-corrected chi connectivity index (χ4v) is 0.573. The lowest BCUT2D eigenvalue weighted by Gasteiger charge is -2.14. The minimum absolute atomic E-state index is 0.642. The van der Waals surface area contributed by atoms with Gasteiger partial charge >= 0.3 is 6.18 Å². The maximum absolute atomic E-state index is 11.6. The normalized spacial score (nSPS) is 15.5. The topological polar surface area (TPSA) is 26.0 Å². The summed E-state index contributed by atoms with van der Waals surface area (Å²) in [6.07, 6.45) is -9.07. The zero-order valence-corrected chi connectivity index (χ0v) is 5.54. The van der Waals surface area contributed by atoms with E-state index in [9.17, 15) is 22.0 Å². The summed E-state index contributed by atoms with van der Waals surface area (Å²) in [5.74, 6) is -1.77. The SMILES string of the molecule is NCC(CC(F)(F)F)C(F)F. The molecule has 0 aromatic carbocycles. The average molecular weight is 177 g/mol. The van der Waals surface area contributed by atoms with Gasteiger partial charge in [-0.2, -0.15) is 13.2 Å². The molecule has 11 heavy (non-hydrogen) atoms. The average Bonchev–Trinajstić information content (AvgIpc) is 1.80. The van der Waals surface area contributed by atoms with E-state index in [4.69, 9.17) is 5.73 Å². The molecule has 0 aliphatic rings. The van der Waals surface area contributed by atoms with Crippen LogP contribution in [0.2, 0.25) is 0 Å². The summed E-state index contributed by atoms with van der Waals surface area (Å²) in [7, 11) is 0. The fourth-order valence-electron chi connectivity index (χ4n) is 0.573. The Morgan fingerprint density at radius 1 is 1.18 bits per heavy atom. The largest absolute Gasteiger partial charge is 0.389 e. The molecule has 1 nitrogen and oxygen atoms in total. The molecular weight excluding hydrogens is 169 g/mol. The minimum Gasteiger partial charge on any atom is -0.330 e. The van der Waals surface area contributed by atoms with Crippen LogP contribution < -0.4 is 5.73 Å². The van der Waals surface area contributed by atoms with Crippen molar-refractivity contribution in [3.05, 3.63) is 0 Å². The third kappa shape index (κ3) is 4.94. The number of rotatable bonds is 3. The summed E-state index contributed by atoms with van der Waals surface area (Å²) >= 11 is 0. The predicted octanol–water partition coefficient (Wildman–Crippen LogP) is 1.78. The smallest absolute Gasteiger partial charge is 0.330 e. The molecule has 0 heterocycles. The van der Waals surface area contributed by atoms with E-state index in [1.165, 1.54) is 0 Å². The van der Waals surface area contributed by atoms with Gasteiger partial charge in [-0.15, -0.1) is 0 Å². The number of alkyl halides is 5. The second-order valence-corrected chi connectivity index (χ2v) is 2.15. The molecule has 0 bridgehead atoms. The Bertz CT molecular complexity index is 110. The predicted molar refractivity (Wildman–Crippen MR) is 29.2 cm³/mol. The maximum Gasteiger partial charge on any atom is 0.389 e. The molecule has 0 saturated carbocycles. The Labute approximate surface area is 60.4 Å². The summed E-state index contributed by atoms with van der Waals surface area (Å²) in [5, 5.41) is 0. The summed E-state index contributed by atoms with van der Waals surface area (Å²) in [6, 6.07) is 0. The van der Waals surface area contributed by atoms with E-state index in [2.05, 4.69) is 0 Å². The monoisotopic (exact) mass is 177 g/mol. The van der Waals surface area contributed by atoms with Crippen LogP contribution in [-0.4, -0.2) is 19.1 Å². The highest BCUT2D eigenvalue weighted by molar-refractivity contribution is 4.66. The second-order valence-electron chi connectivity index (χ2n) is 2.15. The molecular formula is C5H8F5N. The first-order chi connectivity index (χ1) is 4.87. The molecule has 6 heteroatoms. The first-order valence-electron chi connectivity index (χ1n) is 2.92.